The summed E-state index contributed by atoms with van der Waals surface area (Å²) in [4.78, 5) is 11.7. The van der Waals surface area contributed by atoms with Crippen LogP contribution >= 0.6 is 0 Å². The first-order valence-electron chi connectivity index (χ1n) is 8.56. The van der Waals surface area contributed by atoms with E-state index in [-0.39, 0.29) is 5.56 Å². The number of hydrogen-bond acceptors (Lipinski definition) is 3. The van der Waals surface area contributed by atoms with Crippen molar-refractivity contribution >= 4 is 11.6 Å². The van der Waals surface area contributed by atoms with Crippen LogP contribution in [0.5, 0.6) is 0 Å². The summed E-state index contributed by atoms with van der Waals surface area (Å²) < 4.78 is 226. The summed E-state index contributed by atoms with van der Waals surface area (Å²) in [6.45, 7) is 0.992. The molecular formula is C16H8F17NO3. The summed E-state index contributed by atoms with van der Waals surface area (Å²) in [5, 5.41) is 0.909. The number of alkyl halides is 17. The number of amides is 1. The molecule has 37 heavy (non-hydrogen) atoms. The Balaban J connectivity index is 3.64. The molecule has 0 fully saturated rings. The number of benzene rings is 1. The van der Waals surface area contributed by atoms with Gasteiger partial charge in [-0.25, -0.2) is 0 Å². The molecule has 4 nitrogen and oxygen atoms in total. The summed E-state index contributed by atoms with van der Waals surface area (Å²) in [7, 11) is 0. The van der Waals surface area contributed by atoms with Gasteiger partial charge < -0.3 is 5.32 Å². The van der Waals surface area contributed by atoms with Gasteiger partial charge in [-0.1, -0.05) is 18.2 Å². The number of para-hydroxylation sites is 1. The molecule has 0 radical (unpaired) electrons. The van der Waals surface area contributed by atoms with Crippen LogP contribution in [0.2, 0.25) is 0 Å². The summed E-state index contributed by atoms with van der Waals surface area (Å²) >= 11 is 0. The average molecular weight is 585 g/mol. The van der Waals surface area contributed by atoms with Gasteiger partial charge in [-0.3, -0.25) is 14.3 Å². The Morgan fingerprint density at radius 3 is 1.49 bits per heavy atom. The topological polar surface area (TPSA) is 47.6 Å². The third kappa shape index (κ3) is 5.80. The molecule has 0 aliphatic heterocycles. The lowest BCUT2D eigenvalue weighted by atomic mass is 10.1. The second-order valence-corrected chi connectivity index (χ2v) is 6.76. The van der Waals surface area contributed by atoms with Gasteiger partial charge in [0.2, 0.25) is 0 Å². The Morgan fingerprint density at radius 1 is 0.649 bits per heavy atom. The fourth-order valence-electron chi connectivity index (χ4n) is 2.08. The first-order chi connectivity index (χ1) is 16.1. The van der Waals surface area contributed by atoms with Crippen LogP contribution in [0.4, 0.5) is 80.3 Å². The molecule has 0 heterocycles. The highest BCUT2D eigenvalue weighted by Crippen LogP contribution is 2.56. The van der Waals surface area contributed by atoms with Crippen molar-refractivity contribution in [2.75, 3.05) is 5.32 Å². The lowest BCUT2D eigenvalue weighted by molar-refractivity contribution is -0.548. The fourth-order valence-corrected chi connectivity index (χ4v) is 2.08. The van der Waals surface area contributed by atoms with Crippen LogP contribution in [0.3, 0.4) is 0 Å². The molecule has 0 unspecified atom stereocenters. The second kappa shape index (κ2) is 9.31. The van der Waals surface area contributed by atoms with Gasteiger partial charge in [-0.2, -0.15) is 74.6 Å². The molecule has 21 heteroatoms. The minimum Gasteiger partial charge on any atom is -0.321 e. The standard InChI is InChI=1S/C16H8F17NO3/c1-6-4-2-3-5-7(6)34-8(35)9(17,12(21,22)23)36-16(32,33)11(20,14(27,28)29)37-15(30,31)10(18,19)13(24,25)26/h2-5H,1H3,(H,34,35)/t9-,11+/m0/s1. The van der Waals surface area contributed by atoms with Crippen molar-refractivity contribution in [3.8, 4) is 0 Å². The highest BCUT2D eigenvalue weighted by Gasteiger charge is 2.85. The SMILES string of the molecule is Cc1ccccc1NC(=O)[C@](F)(OC(F)(F)[C@](F)(OC(F)(F)C(F)(F)C(F)(F)F)C(F)(F)F)C(F)(F)F. The maximum atomic E-state index is 14.4. The van der Waals surface area contributed by atoms with Gasteiger partial charge in [0.05, 0.1) is 0 Å². The molecule has 0 aliphatic rings. The Morgan fingerprint density at radius 2 is 1.11 bits per heavy atom. The second-order valence-electron chi connectivity index (χ2n) is 6.76. The van der Waals surface area contributed by atoms with Crippen LogP contribution in [0, 0.1) is 6.92 Å². The maximum Gasteiger partial charge on any atom is 0.462 e. The summed E-state index contributed by atoms with van der Waals surface area (Å²) in [6, 6.07) is 3.74. The predicted molar refractivity (Wildman–Crippen MR) is 82.7 cm³/mol. The van der Waals surface area contributed by atoms with Crippen molar-refractivity contribution in [2.24, 2.45) is 0 Å². The van der Waals surface area contributed by atoms with Gasteiger partial charge >= 0.3 is 48.4 Å². The molecule has 1 aromatic carbocycles. The normalized spacial score (nSPS) is 17.7. The number of rotatable bonds is 8. The van der Waals surface area contributed by atoms with E-state index in [1.165, 1.54) is 4.74 Å². The summed E-state index contributed by atoms with van der Waals surface area (Å²) in [5.41, 5.74) is -1.10. The molecule has 1 amide bonds. The lowest BCUT2D eigenvalue weighted by Gasteiger charge is -2.40. The van der Waals surface area contributed by atoms with Crippen molar-refractivity contribution in [1.82, 2.24) is 0 Å². The van der Waals surface area contributed by atoms with E-state index < -0.39 is 60.0 Å². The van der Waals surface area contributed by atoms with Gasteiger partial charge in [0.1, 0.15) is 0 Å². The Hall–Kier alpha value is -2.58. The molecule has 2 atom stereocenters. The molecule has 1 N–H and O–H groups in total. The van der Waals surface area contributed by atoms with E-state index in [1.807, 2.05) is 4.74 Å². The van der Waals surface area contributed by atoms with Crippen LogP contribution in [-0.2, 0) is 14.3 Å². The van der Waals surface area contributed by atoms with E-state index in [0.717, 1.165) is 30.4 Å². The zero-order chi connectivity index (χ0) is 29.7. The number of nitrogens with one attached hydrogen (secondary N) is 1. The van der Waals surface area contributed by atoms with Gasteiger partial charge in [0.25, 0.3) is 5.91 Å². The van der Waals surface area contributed by atoms with E-state index in [2.05, 4.69) is 0 Å². The summed E-state index contributed by atoms with van der Waals surface area (Å²) in [5.74, 6) is -26.2. The van der Waals surface area contributed by atoms with Gasteiger partial charge in [0.15, 0.2) is 0 Å². The molecule has 0 saturated heterocycles. The third-order valence-electron chi connectivity index (χ3n) is 4.05. The van der Waals surface area contributed by atoms with Crippen LogP contribution in [0.1, 0.15) is 5.56 Å². The van der Waals surface area contributed by atoms with E-state index in [0.29, 0.717) is 6.07 Å². The first kappa shape index (κ1) is 32.4. The number of hydrogen-bond donors (Lipinski definition) is 1. The lowest BCUT2D eigenvalue weighted by Crippen LogP contribution is -2.68. The highest BCUT2D eigenvalue weighted by atomic mass is 19.4. The molecule has 0 spiro atoms. The quantitative estimate of drug-likeness (QED) is 0.342. The first-order valence-corrected chi connectivity index (χ1v) is 8.56. The minimum atomic E-state index is -8.05. The average Bonchev–Trinajstić information content (AvgIpc) is 2.66. The van der Waals surface area contributed by atoms with Crippen molar-refractivity contribution in [2.45, 2.75) is 55.3 Å². The minimum absolute atomic E-state index is 0.250. The smallest absolute Gasteiger partial charge is 0.321 e. The predicted octanol–water partition coefficient (Wildman–Crippen LogP) is 6.81. The fraction of sp³-hybridized carbons (Fsp3) is 0.562. The highest BCUT2D eigenvalue weighted by molar-refractivity contribution is 5.97. The largest absolute Gasteiger partial charge is 0.462 e. The van der Waals surface area contributed by atoms with E-state index in [4.69, 9.17) is 0 Å². The van der Waals surface area contributed by atoms with Crippen LogP contribution < -0.4 is 5.32 Å². The van der Waals surface area contributed by atoms with Crippen molar-refractivity contribution in [1.29, 1.82) is 0 Å². The van der Waals surface area contributed by atoms with Gasteiger partial charge in [-0.15, -0.1) is 0 Å². The Kier molecular flexibility index (Phi) is 8.17. The van der Waals surface area contributed by atoms with E-state index in [9.17, 15) is 79.4 Å². The summed E-state index contributed by atoms with van der Waals surface area (Å²) in [6.07, 6.45) is -38.6. The van der Waals surface area contributed by atoms with Crippen LogP contribution in [0.15, 0.2) is 24.3 Å². The molecule has 1 rings (SSSR count). The molecule has 0 aromatic heterocycles. The van der Waals surface area contributed by atoms with E-state index in [1.54, 1.807) is 0 Å². The van der Waals surface area contributed by atoms with E-state index >= 15 is 0 Å². The number of ether oxygens (including phenoxy) is 2. The van der Waals surface area contributed by atoms with Crippen LogP contribution in [-0.4, -0.2) is 54.3 Å². The molecule has 0 saturated carbocycles. The molecule has 0 bridgehead atoms. The molecule has 214 valence electrons. The van der Waals surface area contributed by atoms with Crippen molar-refractivity contribution in [3.63, 3.8) is 0 Å². The molecular weight excluding hydrogens is 577 g/mol. The van der Waals surface area contributed by atoms with Gasteiger partial charge in [0, 0.05) is 5.69 Å². The number of carbonyl (C=O) groups is 1. The number of anilines is 1. The number of halogens is 17. The maximum absolute atomic E-state index is 14.4. The molecule has 0 aliphatic carbocycles. The number of carbonyl (C=O) groups excluding carboxylic acids is 1. The Bertz CT molecular complexity index is 986. The zero-order valence-electron chi connectivity index (χ0n) is 17.0. The van der Waals surface area contributed by atoms with Crippen LogP contribution in [0.25, 0.3) is 0 Å². The van der Waals surface area contributed by atoms with Gasteiger partial charge in [-0.05, 0) is 18.6 Å². The third-order valence-corrected chi connectivity index (χ3v) is 4.05. The number of aryl methyl sites for hydroxylation is 1. The Labute approximate surface area is 192 Å². The molecule has 1 aromatic rings. The monoisotopic (exact) mass is 585 g/mol. The van der Waals surface area contributed by atoms with Crippen molar-refractivity contribution < 1.29 is 88.9 Å². The zero-order valence-corrected chi connectivity index (χ0v) is 17.0. The van der Waals surface area contributed by atoms with Crippen molar-refractivity contribution in [3.05, 3.63) is 29.8 Å².